The van der Waals surface area contributed by atoms with E-state index in [9.17, 15) is 0 Å². The van der Waals surface area contributed by atoms with Gasteiger partial charge in [0.05, 0.1) is 25.5 Å². The van der Waals surface area contributed by atoms with Gasteiger partial charge in [-0.3, -0.25) is 0 Å². The van der Waals surface area contributed by atoms with Gasteiger partial charge in [-0.1, -0.05) is 0 Å². The molecular weight excluding hydrogens is 256 g/mol. The standard InChI is InChI=1S/C14H14N4O2/c1-19-12-2-3-13-11(8-12)9-16-14(17-13)20-7-6-18-5-4-15-10-18/h2-5,8-10H,6-7H2,1H3. The second kappa shape index (κ2) is 5.56. The van der Waals surface area contributed by atoms with Crippen LogP contribution in [0.1, 0.15) is 0 Å². The van der Waals surface area contributed by atoms with Crippen LogP contribution < -0.4 is 9.47 Å². The molecule has 0 atom stereocenters. The summed E-state index contributed by atoms with van der Waals surface area (Å²) in [5.41, 5.74) is 0.832. The minimum atomic E-state index is 0.378. The summed E-state index contributed by atoms with van der Waals surface area (Å²) in [5, 5.41) is 0.923. The lowest BCUT2D eigenvalue weighted by Crippen LogP contribution is -2.08. The highest BCUT2D eigenvalue weighted by atomic mass is 16.5. The van der Waals surface area contributed by atoms with Crippen LogP contribution in [0.25, 0.3) is 10.9 Å². The summed E-state index contributed by atoms with van der Waals surface area (Å²) in [5.74, 6) is 0.787. The van der Waals surface area contributed by atoms with Crippen LogP contribution in [-0.2, 0) is 6.54 Å². The molecular formula is C14H14N4O2. The molecule has 0 saturated heterocycles. The van der Waals surface area contributed by atoms with E-state index in [1.165, 1.54) is 0 Å². The third-order valence-corrected chi connectivity index (χ3v) is 2.90. The zero-order valence-electron chi connectivity index (χ0n) is 11.1. The lowest BCUT2D eigenvalue weighted by Gasteiger charge is -2.06. The van der Waals surface area contributed by atoms with Crippen LogP contribution in [0.3, 0.4) is 0 Å². The van der Waals surface area contributed by atoms with Gasteiger partial charge in [-0.15, -0.1) is 0 Å². The Morgan fingerprint density at radius 3 is 3.05 bits per heavy atom. The van der Waals surface area contributed by atoms with Gasteiger partial charge in [-0.2, -0.15) is 4.98 Å². The molecule has 0 spiro atoms. The predicted octanol–water partition coefficient (Wildman–Crippen LogP) is 1.91. The molecule has 6 nitrogen and oxygen atoms in total. The fourth-order valence-corrected chi connectivity index (χ4v) is 1.85. The van der Waals surface area contributed by atoms with Crippen LogP contribution >= 0.6 is 0 Å². The van der Waals surface area contributed by atoms with Crippen molar-refractivity contribution >= 4 is 10.9 Å². The number of methoxy groups -OCH3 is 1. The predicted molar refractivity (Wildman–Crippen MR) is 73.8 cm³/mol. The van der Waals surface area contributed by atoms with Crippen molar-refractivity contribution in [1.82, 2.24) is 19.5 Å². The first-order valence-electron chi connectivity index (χ1n) is 6.24. The number of fused-ring (bicyclic) bond motifs is 1. The second-order valence-electron chi connectivity index (χ2n) is 4.23. The van der Waals surface area contributed by atoms with Crippen LogP contribution in [0, 0.1) is 0 Å². The number of aromatic nitrogens is 4. The molecule has 2 heterocycles. The highest BCUT2D eigenvalue weighted by molar-refractivity contribution is 5.79. The number of ether oxygens (including phenoxy) is 2. The van der Waals surface area contributed by atoms with Crippen LogP contribution in [0.4, 0.5) is 0 Å². The lowest BCUT2D eigenvalue weighted by atomic mass is 10.2. The van der Waals surface area contributed by atoms with Crippen LogP contribution in [0.2, 0.25) is 0 Å². The van der Waals surface area contributed by atoms with Gasteiger partial charge >= 0.3 is 6.01 Å². The molecule has 0 radical (unpaired) electrons. The Kier molecular flexibility index (Phi) is 3.45. The fraction of sp³-hybridized carbons (Fsp3) is 0.214. The zero-order valence-corrected chi connectivity index (χ0v) is 11.1. The van der Waals surface area contributed by atoms with Gasteiger partial charge < -0.3 is 14.0 Å². The average molecular weight is 270 g/mol. The number of hydrogen-bond donors (Lipinski definition) is 0. The quantitative estimate of drug-likeness (QED) is 0.708. The fourth-order valence-electron chi connectivity index (χ4n) is 1.85. The molecule has 0 saturated carbocycles. The monoisotopic (exact) mass is 270 g/mol. The first-order chi connectivity index (χ1) is 9.85. The summed E-state index contributed by atoms with van der Waals surface area (Å²) in [6, 6.07) is 6.02. The number of imidazole rings is 1. The van der Waals surface area contributed by atoms with E-state index in [0.717, 1.165) is 16.7 Å². The van der Waals surface area contributed by atoms with Crippen molar-refractivity contribution in [3.8, 4) is 11.8 Å². The normalized spacial score (nSPS) is 10.7. The first kappa shape index (κ1) is 12.4. The number of hydrogen-bond acceptors (Lipinski definition) is 5. The molecule has 6 heteroatoms. The highest BCUT2D eigenvalue weighted by Gasteiger charge is 2.02. The third-order valence-electron chi connectivity index (χ3n) is 2.90. The van der Waals surface area contributed by atoms with E-state index in [0.29, 0.717) is 19.2 Å². The summed E-state index contributed by atoms with van der Waals surface area (Å²) >= 11 is 0. The second-order valence-corrected chi connectivity index (χ2v) is 4.23. The van der Waals surface area contributed by atoms with Crippen LogP contribution in [0.15, 0.2) is 43.1 Å². The summed E-state index contributed by atoms with van der Waals surface area (Å²) < 4.78 is 12.6. The van der Waals surface area contributed by atoms with Gasteiger partial charge in [0.2, 0.25) is 0 Å². The Morgan fingerprint density at radius 1 is 1.30 bits per heavy atom. The summed E-state index contributed by atoms with van der Waals surface area (Å²) in [7, 11) is 1.63. The maximum absolute atomic E-state index is 5.54. The van der Waals surface area contributed by atoms with E-state index in [4.69, 9.17) is 9.47 Å². The largest absolute Gasteiger partial charge is 0.497 e. The molecule has 0 N–H and O–H groups in total. The lowest BCUT2D eigenvalue weighted by molar-refractivity contribution is 0.277. The van der Waals surface area contributed by atoms with E-state index >= 15 is 0 Å². The van der Waals surface area contributed by atoms with Gasteiger partial charge in [0.1, 0.15) is 12.4 Å². The number of rotatable bonds is 5. The molecule has 0 fully saturated rings. The van der Waals surface area contributed by atoms with E-state index in [1.807, 2.05) is 29.0 Å². The van der Waals surface area contributed by atoms with Crippen LogP contribution in [0.5, 0.6) is 11.8 Å². The molecule has 0 bridgehead atoms. The third kappa shape index (κ3) is 2.69. The van der Waals surface area contributed by atoms with E-state index in [-0.39, 0.29) is 0 Å². The minimum absolute atomic E-state index is 0.378. The molecule has 3 aromatic rings. The highest BCUT2D eigenvalue weighted by Crippen LogP contribution is 2.19. The molecule has 0 amide bonds. The average Bonchev–Trinajstić information content (AvgIpc) is 3.00. The Morgan fingerprint density at radius 2 is 2.25 bits per heavy atom. The van der Waals surface area contributed by atoms with Crippen molar-refractivity contribution in [1.29, 1.82) is 0 Å². The van der Waals surface area contributed by atoms with Gasteiger partial charge in [-0.05, 0) is 18.2 Å². The molecule has 0 aliphatic rings. The summed E-state index contributed by atoms with van der Waals surface area (Å²) in [6.07, 6.45) is 7.10. The molecule has 3 rings (SSSR count). The van der Waals surface area contributed by atoms with Crippen molar-refractivity contribution in [3.63, 3.8) is 0 Å². The summed E-state index contributed by atoms with van der Waals surface area (Å²) in [6.45, 7) is 1.21. The molecule has 0 aliphatic carbocycles. The van der Waals surface area contributed by atoms with Crippen molar-refractivity contribution < 1.29 is 9.47 Å². The van der Waals surface area contributed by atoms with Gasteiger partial charge in [0, 0.05) is 24.0 Å². The smallest absolute Gasteiger partial charge is 0.316 e. The Balaban J connectivity index is 1.69. The maximum atomic E-state index is 5.54. The molecule has 102 valence electrons. The SMILES string of the molecule is COc1ccc2nc(OCCn3ccnc3)ncc2c1. The number of benzene rings is 1. The zero-order chi connectivity index (χ0) is 13.8. The van der Waals surface area contributed by atoms with Gasteiger partial charge in [0.25, 0.3) is 0 Å². The Bertz CT molecular complexity index is 697. The van der Waals surface area contributed by atoms with Crippen molar-refractivity contribution in [2.75, 3.05) is 13.7 Å². The molecule has 0 unspecified atom stereocenters. The molecule has 20 heavy (non-hydrogen) atoms. The van der Waals surface area contributed by atoms with E-state index in [1.54, 1.807) is 25.8 Å². The van der Waals surface area contributed by atoms with E-state index in [2.05, 4.69) is 15.0 Å². The maximum Gasteiger partial charge on any atom is 0.316 e. The van der Waals surface area contributed by atoms with Gasteiger partial charge in [-0.25, -0.2) is 9.97 Å². The van der Waals surface area contributed by atoms with Crippen molar-refractivity contribution in [3.05, 3.63) is 43.1 Å². The Labute approximate surface area is 116 Å². The molecule has 2 aromatic heterocycles. The van der Waals surface area contributed by atoms with E-state index < -0.39 is 0 Å². The minimum Gasteiger partial charge on any atom is -0.497 e. The molecule has 1 aromatic carbocycles. The summed E-state index contributed by atoms with van der Waals surface area (Å²) in [4.78, 5) is 12.5. The van der Waals surface area contributed by atoms with Gasteiger partial charge in [0.15, 0.2) is 0 Å². The first-order valence-corrected chi connectivity index (χ1v) is 6.24. The van der Waals surface area contributed by atoms with Crippen molar-refractivity contribution in [2.24, 2.45) is 0 Å². The number of nitrogens with zero attached hydrogens (tertiary/aromatic N) is 4. The Hall–Kier alpha value is -2.63. The molecule has 0 aliphatic heterocycles. The topological polar surface area (TPSA) is 62.1 Å². The van der Waals surface area contributed by atoms with Crippen molar-refractivity contribution in [2.45, 2.75) is 6.54 Å². The van der Waals surface area contributed by atoms with Crippen LogP contribution in [-0.4, -0.2) is 33.2 Å².